The lowest BCUT2D eigenvalue weighted by Gasteiger charge is -2.52. The lowest BCUT2D eigenvalue weighted by atomic mass is 9.79. The third-order valence-corrected chi connectivity index (χ3v) is 10.1. The van der Waals surface area contributed by atoms with Gasteiger partial charge < -0.3 is 15.1 Å². The van der Waals surface area contributed by atoms with Gasteiger partial charge in [0.05, 0.1) is 11.4 Å². The molecular weight excluding hydrogens is 540 g/mol. The Morgan fingerprint density at radius 2 is 1.72 bits per heavy atom. The van der Waals surface area contributed by atoms with Gasteiger partial charge in [0.1, 0.15) is 11.6 Å². The highest BCUT2D eigenvalue weighted by Crippen LogP contribution is 2.36. The number of carbonyl (C=O) groups is 3. The molecule has 43 heavy (non-hydrogen) atoms. The summed E-state index contributed by atoms with van der Waals surface area (Å²) in [6.45, 7) is 9.19. The van der Waals surface area contributed by atoms with Crippen LogP contribution in [-0.2, 0) is 16.1 Å². The van der Waals surface area contributed by atoms with E-state index in [1.54, 1.807) is 19.0 Å². The van der Waals surface area contributed by atoms with Gasteiger partial charge >= 0.3 is 0 Å². The van der Waals surface area contributed by atoms with Gasteiger partial charge in [0, 0.05) is 57.1 Å². The molecule has 0 radical (unpaired) electrons. The van der Waals surface area contributed by atoms with Crippen LogP contribution in [-0.4, -0.2) is 87.5 Å². The van der Waals surface area contributed by atoms with Gasteiger partial charge in [-0.1, -0.05) is 45.4 Å². The highest BCUT2D eigenvalue weighted by Gasteiger charge is 2.53. The molecular formula is C34H50N6O3. The first-order valence-electron chi connectivity index (χ1n) is 16.4. The lowest BCUT2D eigenvalue weighted by molar-refractivity contribution is -0.162. The molecule has 1 aliphatic carbocycles. The number of aryl methyl sites for hydroxylation is 1. The second-order valence-corrected chi connectivity index (χ2v) is 13.2. The smallest absolute Gasteiger partial charge is 0.253 e. The first kappa shape index (κ1) is 31.2. The number of unbranched alkanes of at least 4 members (excludes halogenated alkanes) is 1. The van der Waals surface area contributed by atoms with Crippen LogP contribution in [0.3, 0.4) is 0 Å². The third kappa shape index (κ3) is 6.37. The van der Waals surface area contributed by atoms with Crippen LogP contribution < -0.4 is 5.32 Å². The number of amides is 3. The Morgan fingerprint density at radius 1 is 1.05 bits per heavy atom. The second-order valence-electron chi connectivity index (χ2n) is 13.2. The first-order valence-corrected chi connectivity index (χ1v) is 16.4. The number of nitrogens with one attached hydrogen (secondary N) is 1. The van der Waals surface area contributed by atoms with Crippen molar-refractivity contribution in [2.75, 3.05) is 33.7 Å². The molecule has 3 aliphatic rings. The number of likely N-dealkylation sites (tertiary alicyclic amines) is 1. The summed E-state index contributed by atoms with van der Waals surface area (Å²) in [4.78, 5) is 46.0. The summed E-state index contributed by atoms with van der Waals surface area (Å²) in [6.07, 6.45) is 10.1. The molecule has 2 aromatic rings. The summed E-state index contributed by atoms with van der Waals surface area (Å²) >= 11 is 0. The number of carbonyl (C=O) groups excluding carboxylic acids is 3. The van der Waals surface area contributed by atoms with E-state index >= 15 is 0 Å². The fourth-order valence-electron chi connectivity index (χ4n) is 7.39. The van der Waals surface area contributed by atoms with E-state index < -0.39 is 5.54 Å². The van der Waals surface area contributed by atoms with Gasteiger partial charge in [0.25, 0.3) is 5.91 Å². The maximum atomic E-state index is 13.9. The largest absolute Gasteiger partial charge is 0.345 e. The maximum Gasteiger partial charge on any atom is 0.253 e. The molecule has 3 fully saturated rings. The van der Waals surface area contributed by atoms with E-state index in [2.05, 4.69) is 24.1 Å². The lowest BCUT2D eigenvalue weighted by Crippen LogP contribution is -2.73. The van der Waals surface area contributed by atoms with Crippen molar-refractivity contribution in [1.29, 1.82) is 0 Å². The topological polar surface area (TPSA) is 90.8 Å². The van der Waals surface area contributed by atoms with E-state index in [9.17, 15) is 14.4 Å². The predicted octanol–water partition coefficient (Wildman–Crippen LogP) is 4.62. The number of hydrogen-bond donors (Lipinski definition) is 1. The summed E-state index contributed by atoms with van der Waals surface area (Å²) in [5.74, 6) is 0.709. The summed E-state index contributed by atoms with van der Waals surface area (Å²) in [7, 11) is 3.50. The van der Waals surface area contributed by atoms with Gasteiger partial charge in [-0.15, -0.1) is 0 Å². The molecule has 3 heterocycles. The monoisotopic (exact) mass is 590 g/mol. The van der Waals surface area contributed by atoms with Gasteiger partial charge in [-0.25, -0.2) is 4.68 Å². The fraction of sp³-hybridized carbons (Fsp3) is 0.647. The van der Waals surface area contributed by atoms with Gasteiger partial charge in [0.2, 0.25) is 11.8 Å². The molecule has 2 aliphatic heterocycles. The summed E-state index contributed by atoms with van der Waals surface area (Å²) in [6, 6.07) is 7.20. The SMILES string of the molecule is CCCCN1C(=O)[C@H](CC2CCCCC2)NC(=O)C12CCN(Cc1c(C)nn(-c3ccc(C(=O)N(C)C)cc3)c1C)CC2. The molecule has 9 nitrogen and oxygen atoms in total. The quantitative estimate of drug-likeness (QED) is 0.460. The van der Waals surface area contributed by atoms with Crippen LogP contribution in [0.4, 0.5) is 0 Å². The van der Waals surface area contributed by atoms with E-state index in [0.717, 1.165) is 56.0 Å². The Hall–Kier alpha value is -3.20. The van der Waals surface area contributed by atoms with Crippen LogP contribution in [0.2, 0.25) is 0 Å². The van der Waals surface area contributed by atoms with Crippen molar-refractivity contribution in [2.45, 2.75) is 103 Å². The number of aromatic nitrogens is 2. The highest BCUT2D eigenvalue weighted by molar-refractivity contribution is 6.00. The van der Waals surface area contributed by atoms with Crippen LogP contribution in [0.25, 0.3) is 5.69 Å². The number of rotatable bonds is 9. The fourth-order valence-corrected chi connectivity index (χ4v) is 7.39. The Balaban J connectivity index is 1.27. The molecule has 3 amide bonds. The standard InChI is InChI=1S/C34H50N6O3/c1-6-7-19-39-32(42)30(22-26-11-9-8-10-12-26)35-33(43)34(39)17-20-38(21-18-34)23-29-24(2)36-40(25(29)3)28-15-13-27(14-16-28)31(41)37(4)5/h13-16,26,30H,6-12,17-23H2,1-5H3,(H,35,43)/t30-/m0/s1. The molecule has 1 N–H and O–H groups in total. The van der Waals surface area contributed by atoms with E-state index in [-0.39, 0.29) is 23.8 Å². The van der Waals surface area contributed by atoms with E-state index in [4.69, 9.17) is 5.10 Å². The van der Waals surface area contributed by atoms with Crippen LogP contribution in [0.1, 0.15) is 98.4 Å². The van der Waals surface area contributed by atoms with Crippen molar-refractivity contribution in [3.8, 4) is 5.69 Å². The molecule has 1 saturated carbocycles. The summed E-state index contributed by atoms with van der Waals surface area (Å²) in [5, 5.41) is 8.06. The van der Waals surface area contributed by atoms with Gasteiger partial charge in [-0.3, -0.25) is 19.3 Å². The van der Waals surface area contributed by atoms with Crippen molar-refractivity contribution >= 4 is 17.7 Å². The molecule has 1 atom stereocenters. The van der Waals surface area contributed by atoms with Crippen LogP contribution in [0.5, 0.6) is 0 Å². The Morgan fingerprint density at radius 3 is 2.35 bits per heavy atom. The zero-order valence-corrected chi connectivity index (χ0v) is 26.8. The summed E-state index contributed by atoms with van der Waals surface area (Å²) < 4.78 is 1.95. The average molecular weight is 591 g/mol. The first-order chi connectivity index (χ1) is 20.6. The van der Waals surface area contributed by atoms with Crippen molar-refractivity contribution in [3.05, 3.63) is 46.8 Å². The molecule has 1 aromatic heterocycles. The minimum Gasteiger partial charge on any atom is -0.345 e. The van der Waals surface area contributed by atoms with Crippen LogP contribution in [0.15, 0.2) is 24.3 Å². The average Bonchev–Trinajstić information content (AvgIpc) is 3.29. The molecule has 5 rings (SSSR count). The minimum absolute atomic E-state index is 0.0233. The molecule has 234 valence electrons. The molecule has 2 saturated heterocycles. The van der Waals surface area contributed by atoms with Crippen LogP contribution >= 0.6 is 0 Å². The van der Waals surface area contributed by atoms with Gasteiger partial charge in [-0.05, 0) is 69.7 Å². The highest BCUT2D eigenvalue weighted by atomic mass is 16.2. The Kier molecular flexibility index (Phi) is 9.59. The molecule has 9 heteroatoms. The van der Waals surface area contributed by atoms with Gasteiger partial charge in [0.15, 0.2) is 0 Å². The zero-order valence-electron chi connectivity index (χ0n) is 26.8. The molecule has 0 bridgehead atoms. The Labute approximate surface area is 257 Å². The van der Waals surface area contributed by atoms with Crippen LogP contribution in [0, 0.1) is 19.8 Å². The molecule has 1 spiro atoms. The number of piperidine rings is 1. The van der Waals surface area contributed by atoms with Crippen molar-refractivity contribution in [1.82, 2.24) is 29.8 Å². The number of hydrogen-bond acceptors (Lipinski definition) is 5. The number of piperazine rings is 1. The minimum atomic E-state index is -0.744. The van der Waals surface area contributed by atoms with Gasteiger partial charge in [-0.2, -0.15) is 5.10 Å². The summed E-state index contributed by atoms with van der Waals surface area (Å²) in [5.41, 5.74) is 4.06. The van der Waals surface area contributed by atoms with Crippen molar-refractivity contribution in [3.63, 3.8) is 0 Å². The van der Waals surface area contributed by atoms with E-state index in [0.29, 0.717) is 30.9 Å². The second kappa shape index (κ2) is 13.2. The predicted molar refractivity (Wildman–Crippen MR) is 168 cm³/mol. The van der Waals surface area contributed by atoms with E-state index in [1.165, 1.54) is 37.7 Å². The molecule has 1 aromatic carbocycles. The third-order valence-electron chi connectivity index (χ3n) is 10.1. The zero-order chi connectivity index (χ0) is 30.7. The number of nitrogens with zero attached hydrogens (tertiary/aromatic N) is 5. The van der Waals surface area contributed by atoms with E-state index in [1.807, 2.05) is 40.8 Å². The molecule has 0 unspecified atom stereocenters. The van der Waals surface area contributed by atoms with Crippen molar-refractivity contribution < 1.29 is 14.4 Å². The maximum absolute atomic E-state index is 13.9. The number of benzene rings is 1. The van der Waals surface area contributed by atoms with Crippen molar-refractivity contribution in [2.24, 2.45) is 5.92 Å². The normalized spacial score (nSPS) is 21.3. The Bertz CT molecular complexity index is 1300.